The van der Waals surface area contributed by atoms with Crippen molar-refractivity contribution in [1.29, 1.82) is 0 Å². The molecule has 2 nitrogen and oxygen atoms in total. The lowest BCUT2D eigenvalue weighted by molar-refractivity contribution is 0.524. The second-order valence-corrected chi connectivity index (χ2v) is 5.87. The van der Waals surface area contributed by atoms with Crippen LogP contribution in [0.5, 0.6) is 0 Å². The van der Waals surface area contributed by atoms with Crippen LogP contribution in [-0.2, 0) is 6.42 Å². The molecule has 1 aromatic heterocycles. The van der Waals surface area contributed by atoms with Crippen LogP contribution in [0.25, 0.3) is 0 Å². The molecule has 108 valence electrons. The van der Waals surface area contributed by atoms with Crippen molar-refractivity contribution in [3.8, 4) is 0 Å². The van der Waals surface area contributed by atoms with Gasteiger partial charge in [-0.15, -0.1) is 11.3 Å². The van der Waals surface area contributed by atoms with Crippen LogP contribution in [0.2, 0.25) is 0 Å². The van der Waals surface area contributed by atoms with Gasteiger partial charge in [0.25, 0.3) is 0 Å². The maximum absolute atomic E-state index is 14.0. The topological polar surface area (TPSA) is 24.9 Å². The molecule has 1 heterocycles. The van der Waals surface area contributed by atoms with Gasteiger partial charge in [-0.05, 0) is 43.9 Å². The van der Waals surface area contributed by atoms with Crippen molar-refractivity contribution >= 4 is 11.3 Å². The summed E-state index contributed by atoms with van der Waals surface area (Å²) in [6.07, 6.45) is 1.90. The van der Waals surface area contributed by atoms with E-state index < -0.39 is 0 Å². The molecule has 0 saturated heterocycles. The molecular weight excluding hydrogens is 271 g/mol. The van der Waals surface area contributed by atoms with Gasteiger partial charge in [0.1, 0.15) is 5.82 Å². The lowest BCUT2D eigenvalue weighted by Gasteiger charge is -2.18. The Kier molecular flexibility index (Phi) is 5.68. The van der Waals surface area contributed by atoms with Crippen molar-refractivity contribution in [2.45, 2.75) is 32.6 Å². The molecule has 1 unspecified atom stereocenters. The maximum Gasteiger partial charge on any atom is 0.126 e. The van der Waals surface area contributed by atoms with Crippen LogP contribution in [0.4, 0.5) is 4.39 Å². The zero-order valence-corrected chi connectivity index (χ0v) is 12.8. The summed E-state index contributed by atoms with van der Waals surface area (Å²) < 4.78 is 14.0. The molecule has 0 aliphatic heterocycles. The normalized spacial score (nSPS) is 12.6. The molecule has 0 spiro atoms. The van der Waals surface area contributed by atoms with Gasteiger partial charge in [0.05, 0.1) is 11.2 Å². The van der Waals surface area contributed by atoms with Crippen LogP contribution in [0.15, 0.2) is 29.8 Å². The molecule has 0 radical (unpaired) electrons. The number of halogens is 1. The Hall–Kier alpha value is -1.26. The fourth-order valence-corrected chi connectivity index (χ4v) is 3.16. The molecule has 1 aromatic carbocycles. The largest absolute Gasteiger partial charge is 0.316 e. The number of hydrogen-bond donors (Lipinski definition) is 1. The molecule has 0 aliphatic carbocycles. The minimum atomic E-state index is -0.101. The number of likely N-dealkylation sites (N-methyl/N-ethyl adjacent to an activating group) is 1. The summed E-state index contributed by atoms with van der Waals surface area (Å²) in [5.74, 6) is 0.106. The van der Waals surface area contributed by atoms with E-state index in [-0.39, 0.29) is 11.7 Å². The van der Waals surface area contributed by atoms with E-state index in [1.54, 1.807) is 23.5 Å². The number of hydrogen-bond acceptors (Lipinski definition) is 3. The van der Waals surface area contributed by atoms with E-state index in [1.807, 2.05) is 24.6 Å². The monoisotopic (exact) mass is 292 g/mol. The zero-order valence-electron chi connectivity index (χ0n) is 12.0. The third-order valence-corrected chi connectivity index (χ3v) is 4.55. The van der Waals surface area contributed by atoms with Crippen molar-refractivity contribution in [3.63, 3.8) is 0 Å². The molecule has 20 heavy (non-hydrogen) atoms. The Morgan fingerprint density at radius 2 is 2.15 bits per heavy atom. The summed E-state index contributed by atoms with van der Waals surface area (Å²) in [7, 11) is 0. The summed E-state index contributed by atoms with van der Waals surface area (Å²) in [4.78, 5) is 5.58. The van der Waals surface area contributed by atoms with E-state index in [4.69, 9.17) is 0 Å². The molecule has 2 rings (SSSR count). The molecular formula is C16H21FN2S. The first kappa shape index (κ1) is 15.1. The van der Waals surface area contributed by atoms with Crippen LogP contribution in [0.3, 0.4) is 0 Å². The molecule has 1 N–H and O–H groups in total. The Balaban J connectivity index is 2.08. The summed E-state index contributed by atoms with van der Waals surface area (Å²) in [5, 5.41) is 3.34. The van der Waals surface area contributed by atoms with E-state index in [0.717, 1.165) is 37.2 Å². The average molecular weight is 292 g/mol. The molecule has 4 heteroatoms. The second kappa shape index (κ2) is 7.50. The van der Waals surface area contributed by atoms with Gasteiger partial charge in [0, 0.05) is 11.4 Å². The molecule has 0 aliphatic rings. The predicted octanol–water partition coefficient (Wildman–Crippen LogP) is 3.92. The number of rotatable bonds is 7. The van der Waals surface area contributed by atoms with Crippen LogP contribution in [-0.4, -0.2) is 18.1 Å². The van der Waals surface area contributed by atoms with Gasteiger partial charge in [0.15, 0.2) is 0 Å². The fourth-order valence-electron chi connectivity index (χ4n) is 2.36. The fraction of sp³-hybridized carbons (Fsp3) is 0.438. The van der Waals surface area contributed by atoms with Gasteiger partial charge in [0.2, 0.25) is 0 Å². The molecule has 1 atom stereocenters. The lowest BCUT2D eigenvalue weighted by Crippen LogP contribution is -2.22. The molecule has 0 fully saturated rings. The highest BCUT2D eigenvalue weighted by Crippen LogP contribution is 2.25. The first-order chi connectivity index (χ1) is 9.72. The first-order valence-electron chi connectivity index (χ1n) is 7.06. The Morgan fingerprint density at radius 3 is 2.80 bits per heavy atom. The number of thiazole rings is 1. The summed E-state index contributed by atoms with van der Waals surface area (Å²) in [6, 6.07) is 7.11. The Bertz CT molecular complexity index is 539. The van der Waals surface area contributed by atoms with Gasteiger partial charge < -0.3 is 5.32 Å². The van der Waals surface area contributed by atoms with E-state index in [2.05, 4.69) is 17.2 Å². The molecule has 2 aromatic rings. The van der Waals surface area contributed by atoms with Crippen molar-refractivity contribution in [1.82, 2.24) is 10.3 Å². The average Bonchev–Trinajstić information content (AvgIpc) is 2.86. The van der Waals surface area contributed by atoms with E-state index in [1.165, 1.54) is 4.88 Å². The summed E-state index contributed by atoms with van der Waals surface area (Å²) >= 11 is 1.69. The summed E-state index contributed by atoms with van der Waals surface area (Å²) in [5.41, 5.74) is 3.80. The van der Waals surface area contributed by atoms with Gasteiger partial charge in [-0.1, -0.05) is 25.1 Å². The standard InChI is InChI=1S/C16H21FN2S/c1-3-18-10-13(14-6-4-5-7-15(14)17)8-9-16-12(2)19-11-20-16/h4-7,11,13,18H,3,8-10H2,1-2H3. The number of aryl methyl sites for hydroxylation is 2. The third-order valence-electron chi connectivity index (χ3n) is 3.55. The summed E-state index contributed by atoms with van der Waals surface area (Å²) in [6.45, 7) is 5.83. The van der Waals surface area contributed by atoms with Crippen LogP contribution >= 0.6 is 11.3 Å². The third kappa shape index (κ3) is 3.87. The predicted molar refractivity (Wildman–Crippen MR) is 82.9 cm³/mol. The lowest BCUT2D eigenvalue weighted by atomic mass is 9.93. The molecule has 0 amide bonds. The SMILES string of the molecule is CCNCC(CCc1scnc1C)c1ccccc1F. The van der Waals surface area contributed by atoms with Crippen molar-refractivity contribution < 1.29 is 4.39 Å². The smallest absolute Gasteiger partial charge is 0.126 e. The Morgan fingerprint density at radius 1 is 1.35 bits per heavy atom. The Labute approximate surface area is 124 Å². The highest BCUT2D eigenvalue weighted by Gasteiger charge is 2.16. The van der Waals surface area contributed by atoms with Crippen LogP contribution in [0.1, 0.15) is 35.4 Å². The zero-order chi connectivity index (χ0) is 14.4. The minimum Gasteiger partial charge on any atom is -0.316 e. The second-order valence-electron chi connectivity index (χ2n) is 4.93. The number of nitrogens with one attached hydrogen (secondary N) is 1. The molecule has 0 saturated carbocycles. The van der Waals surface area contributed by atoms with Gasteiger partial charge in [-0.3, -0.25) is 0 Å². The highest BCUT2D eigenvalue weighted by molar-refractivity contribution is 7.09. The maximum atomic E-state index is 14.0. The van der Waals surface area contributed by atoms with E-state index in [9.17, 15) is 4.39 Å². The van der Waals surface area contributed by atoms with Crippen molar-refractivity contribution in [2.24, 2.45) is 0 Å². The van der Waals surface area contributed by atoms with E-state index in [0.29, 0.717) is 0 Å². The number of benzene rings is 1. The number of nitrogens with zero attached hydrogens (tertiary/aromatic N) is 1. The first-order valence-corrected chi connectivity index (χ1v) is 7.94. The van der Waals surface area contributed by atoms with Gasteiger partial charge in [-0.25, -0.2) is 9.37 Å². The molecule has 0 bridgehead atoms. The van der Waals surface area contributed by atoms with E-state index >= 15 is 0 Å². The van der Waals surface area contributed by atoms with Crippen LogP contribution in [0, 0.1) is 12.7 Å². The van der Waals surface area contributed by atoms with Crippen LogP contribution < -0.4 is 5.32 Å². The van der Waals surface area contributed by atoms with Crippen molar-refractivity contribution in [3.05, 3.63) is 51.7 Å². The quantitative estimate of drug-likeness (QED) is 0.836. The minimum absolute atomic E-state index is 0.101. The highest BCUT2D eigenvalue weighted by atomic mass is 32.1. The number of aromatic nitrogens is 1. The van der Waals surface area contributed by atoms with Crippen molar-refractivity contribution in [2.75, 3.05) is 13.1 Å². The van der Waals surface area contributed by atoms with Gasteiger partial charge in [-0.2, -0.15) is 0 Å². The van der Waals surface area contributed by atoms with Gasteiger partial charge >= 0.3 is 0 Å².